The summed E-state index contributed by atoms with van der Waals surface area (Å²) in [6.45, 7) is 2.38. The molecule has 0 aliphatic heterocycles. The quantitative estimate of drug-likeness (QED) is 0.146. The van der Waals surface area contributed by atoms with E-state index in [0.717, 1.165) is 12.8 Å². The Morgan fingerprint density at radius 1 is 0.333 bits per heavy atom. The zero-order valence-electron chi connectivity index (χ0n) is 24.3. The van der Waals surface area contributed by atoms with Gasteiger partial charge in [-0.15, -0.1) is 0 Å². The maximum atomic E-state index is 2.43. The molecule has 0 aliphatic carbocycles. The summed E-state index contributed by atoms with van der Waals surface area (Å²) in [4.78, 5) is 0. The first kappa shape index (κ1) is 28.3. The van der Waals surface area contributed by atoms with E-state index in [-0.39, 0.29) is 0 Å². The molecule has 0 radical (unpaired) electrons. The molecule has 6 aromatic rings. The van der Waals surface area contributed by atoms with Crippen LogP contribution in [0.15, 0.2) is 182 Å². The number of benzene rings is 6. The molecule has 0 nitrogen and oxygen atoms in total. The van der Waals surface area contributed by atoms with Crippen LogP contribution < -0.4 is 31.8 Å². The minimum absolute atomic E-state index is 0.398. The molecule has 0 bridgehead atoms. The van der Waals surface area contributed by atoms with Crippen LogP contribution in [0, 0.1) is 0 Å². The fourth-order valence-corrected chi connectivity index (χ4v) is 23.2. The van der Waals surface area contributed by atoms with Gasteiger partial charge < -0.3 is 0 Å². The third-order valence-electron chi connectivity index (χ3n) is 9.00. The molecule has 0 unspecified atom stereocenters. The van der Waals surface area contributed by atoms with Crippen LogP contribution in [-0.4, -0.2) is 5.40 Å². The first-order valence-corrected chi connectivity index (χ1v) is 19.3. The molecule has 0 N–H and O–H groups in total. The van der Waals surface area contributed by atoms with Crippen molar-refractivity contribution in [3.8, 4) is 0 Å². The second kappa shape index (κ2) is 13.0. The minimum atomic E-state index is -2.70. The van der Waals surface area contributed by atoms with E-state index in [9.17, 15) is 0 Å². The van der Waals surface area contributed by atoms with Gasteiger partial charge in [0.2, 0.25) is 0 Å². The van der Waals surface area contributed by atoms with Crippen molar-refractivity contribution in [2.24, 2.45) is 0 Å². The second-order valence-electron chi connectivity index (χ2n) is 11.2. The Bertz CT molecular complexity index is 1330. The van der Waals surface area contributed by atoms with Crippen molar-refractivity contribution >= 4 is 46.4 Å². The molecule has 0 saturated heterocycles. The molecule has 0 atom stereocenters. The average molecular weight is 583 g/mol. The van der Waals surface area contributed by atoms with Crippen LogP contribution in [0.25, 0.3) is 0 Å². The monoisotopic (exact) mass is 582 g/mol. The predicted octanol–water partition coefficient (Wildman–Crippen LogP) is 7.57. The topological polar surface area (TPSA) is 0 Å². The van der Waals surface area contributed by atoms with Crippen LogP contribution in [0.4, 0.5) is 0 Å². The Morgan fingerprint density at radius 2 is 0.524 bits per heavy atom. The van der Waals surface area contributed by atoms with Crippen LogP contribution in [0.5, 0.6) is 0 Å². The zero-order chi connectivity index (χ0) is 28.7. The molecule has 0 aromatic heterocycles. The van der Waals surface area contributed by atoms with Crippen LogP contribution >= 0.6 is 14.5 Å². The average Bonchev–Trinajstić information content (AvgIpc) is 3.08. The van der Waals surface area contributed by atoms with Crippen molar-refractivity contribution in [1.82, 2.24) is 0 Å². The van der Waals surface area contributed by atoms with Gasteiger partial charge in [0, 0.05) is 0 Å². The fourth-order valence-electron chi connectivity index (χ4n) is 7.46. The summed E-state index contributed by atoms with van der Waals surface area (Å²) in [6, 6.07) is 69.2. The van der Waals surface area contributed by atoms with Gasteiger partial charge in [0.05, 0.1) is 0 Å². The van der Waals surface area contributed by atoms with Crippen LogP contribution in [0.1, 0.15) is 19.8 Å². The van der Waals surface area contributed by atoms with Crippen LogP contribution in [0.2, 0.25) is 0 Å². The summed E-state index contributed by atoms with van der Waals surface area (Å²) in [5.41, 5.74) is 0. The third kappa shape index (κ3) is 4.94. The molecular weight excluding hydrogens is 542 g/mol. The van der Waals surface area contributed by atoms with Gasteiger partial charge in [-0.2, -0.15) is 0 Å². The molecule has 0 heterocycles. The first-order chi connectivity index (χ1) is 20.8. The van der Waals surface area contributed by atoms with Gasteiger partial charge in [-0.25, -0.2) is 0 Å². The van der Waals surface area contributed by atoms with Gasteiger partial charge in [-0.05, 0) is 0 Å². The van der Waals surface area contributed by atoms with Crippen molar-refractivity contribution in [1.29, 1.82) is 0 Å². The predicted molar refractivity (Wildman–Crippen MR) is 192 cm³/mol. The summed E-state index contributed by atoms with van der Waals surface area (Å²) >= 11 is 0. The number of hydrogen-bond donors (Lipinski definition) is 0. The SMILES string of the molecule is CCCC([PH](c1ccccc1)(c1ccccc1)c1ccccc1)[PH](c1ccccc1)(c1ccccc1)c1ccccc1. The Balaban J connectivity index is 1.85. The molecule has 2 heteroatoms. The van der Waals surface area contributed by atoms with Crippen molar-refractivity contribution in [2.75, 3.05) is 0 Å². The van der Waals surface area contributed by atoms with Crippen molar-refractivity contribution in [3.05, 3.63) is 182 Å². The number of hydrogen-bond acceptors (Lipinski definition) is 0. The Kier molecular flexibility index (Phi) is 8.76. The van der Waals surface area contributed by atoms with E-state index in [2.05, 4.69) is 189 Å². The molecule has 6 aromatic carbocycles. The van der Waals surface area contributed by atoms with Gasteiger partial charge >= 0.3 is 254 Å². The molecule has 6 rings (SSSR count). The van der Waals surface area contributed by atoms with Crippen molar-refractivity contribution in [3.63, 3.8) is 0 Å². The fraction of sp³-hybridized carbons (Fsp3) is 0.100. The van der Waals surface area contributed by atoms with Gasteiger partial charge in [0.1, 0.15) is 0 Å². The summed E-state index contributed by atoms with van der Waals surface area (Å²) < 4.78 is 0. The summed E-state index contributed by atoms with van der Waals surface area (Å²) in [6.07, 6.45) is 2.25. The first-order valence-electron chi connectivity index (χ1n) is 15.2. The van der Waals surface area contributed by atoms with E-state index >= 15 is 0 Å². The molecule has 0 amide bonds. The van der Waals surface area contributed by atoms with Crippen molar-refractivity contribution in [2.45, 2.75) is 25.2 Å². The van der Waals surface area contributed by atoms with Gasteiger partial charge in [0.25, 0.3) is 0 Å². The third-order valence-corrected chi connectivity index (χ3v) is 21.7. The molecule has 0 aliphatic rings. The number of rotatable bonds is 10. The molecule has 0 spiro atoms. The van der Waals surface area contributed by atoms with Crippen LogP contribution in [0.3, 0.4) is 0 Å². The van der Waals surface area contributed by atoms with Gasteiger partial charge in [0.15, 0.2) is 0 Å². The van der Waals surface area contributed by atoms with E-state index in [1.54, 1.807) is 0 Å². The molecular formula is C40H40P2. The zero-order valence-corrected chi connectivity index (χ0v) is 26.3. The van der Waals surface area contributed by atoms with Crippen LogP contribution in [-0.2, 0) is 0 Å². The standard InChI is InChI=1S/C40H40P2/c1-2-21-40(41(34-22-9-3-10-23-34,35-24-11-4-12-25-35)36-26-13-5-14-27-36)42(37-28-15-6-16-29-37,38-30-17-7-18-31-38)39-32-19-8-20-33-39/h3-20,22-33,40-42H,2,21H2,1H3. The van der Waals surface area contributed by atoms with E-state index in [1.165, 1.54) is 31.8 Å². The van der Waals surface area contributed by atoms with Gasteiger partial charge in [-0.3, -0.25) is 0 Å². The van der Waals surface area contributed by atoms with E-state index in [1.807, 2.05) is 0 Å². The summed E-state index contributed by atoms with van der Waals surface area (Å²) in [5.74, 6) is 0. The Hall–Kier alpha value is -3.82. The Morgan fingerprint density at radius 3 is 0.690 bits per heavy atom. The normalized spacial score (nSPS) is 13.3. The molecule has 0 saturated carbocycles. The van der Waals surface area contributed by atoms with Gasteiger partial charge in [-0.1, -0.05) is 0 Å². The summed E-state index contributed by atoms with van der Waals surface area (Å²) in [7, 11) is -5.39. The van der Waals surface area contributed by atoms with E-state index in [4.69, 9.17) is 0 Å². The Labute approximate surface area is 252 Å². The molecule has 210 valence electrons. The van der Waals surface area contributed by atoms with E-state index < -0.39 is 14.5 Å². The molecule has 0 fully saturated rings. The van der Waals surface area contributed by atoms with E-state index in [0.29, 0.717) is 5.40 Å². The second-order valence-corrected chi connectivity index (χ2v) is 19.8. The van der Waals surface area contributed by atoms with Crippen molar-refractivity contribution < 1.29 is 0 Å². The molecule has 42 heavy (non-hydrogen) atoms. The summed E-state index contributed by atoms with van der Waals surface area (Å²) in [5, 5.41) is 9.32. The maximum absolute atomic E-state index is 2.70.